The minimum Gasteiger partial charge on any atom is -0.492 e. The van der Waals surface area contributed by atoms with Crippen molar-refractivity contribution in [2.24, 2.45) is 5.92 Å². The van der Waals surface area contributed by atoms with E-state index in [9.17, 15) is 4.79 Å². The molecule has 0 saturated heterocycles. The summed E-state index contributed by atoms with van der Waals surface area (Å²) in [6, 6.07) is 5.39. The standard InChI is InChI=1S/C17H22BrNO2/c1-5-9-19(10-6-2)17(20)14-7-8-16(15(18)11-14)21-12-13(3)4/h5-8,11,13H,1-2,9-10,12H2,3-4H3. The van der Waals surface area contributed by atoms with Gasteiger partial charge in [-0.05, 0) is 40.0 Å². The van der Waals surface area contributed by atoms with Gasteiger partial charge in [0.1, 0.15) is 5.75 Å². The summed E-state index contributed by atoms with van der Waals surface area (Å²) in [5, 5.41) is 0. The number of ether oxygens (including phenoxy) is 1. The molecule has 0 heterocycles. The van der Waals surface area contributed by atoms with Crippen LogP contribution >= 0.6 is 15.9 Å². The Labute approximate surface area is 135 Å². The van der Waals surface area contributed by atoms with E-state index in [2.05, 4.69) is 42.9 Å². The highest BCUT2D eigenvalue weighted by Crippen LogP contribution is 2.27. The van der Waals surface area contributed by atoms with Gasteiger partial charge in [0.15, 0.2) is 0 Å². The molecule has 1 aromatic rings. The highest BCUT2D eigenvalue weighted by atomic mass is 79.9. The number of carbonyl (C=O) groups excluding carboxylic acids is 1. The molecule has 4 heteroatoms. The number of amides is 1. The van der Waals surface area contributed by atoms with E-state index in [-0.39, 0.29) is 5.91 Å². The minimum atomic E-state index is -0.0501. The molecule has 0 aromatic heterocycles. The van der Waals surface area contributed by atoms with Gasteiger partial charge in [-0.1, -0.05) is 26.0 Å². The number of benzene rings is 1. The maximum atomic E-state index is 12.4. The first kappa shape index (κ1) is 17.5. The molecule has 0 N–H and O–H groups in total. The minimum absolute atomic E-state index is 0.0501. The average molecular weight is 352 g/mol. The van der Waals surface area contributed by atoms with E-state index >= 15 is 0 Å². The quantitative estimate of drug-likeness (QED) is 0.653. The zero-order valence-corrected chi connectivity index (χ0v) is 14.2. The zero-order chi connectivity index (χ0) is 15.8. The van der Waals surface area contributed by atoms with Crippen molar-refractivity contribution >= 4 is 21.8 Å². The lowest BCUT2D eigenvalue weighted by molar-refractivity contribution is 0.0790. The van der Waals surface area contributed by atoms with Gasteiger partial charge in [-0.2, -0.15) is 0 Å². The molecular weight excluding hydrogens is 330 g/mol. The second kappa shape index (κ2) is 8.67. The van der Waals surface area contributed by atoms with Gasteiger partial charge in [-0.25, -0.2) is 0 Å². The second-order valence-electron chi connectivity index (χ2n) is 5.14. The fourth-order valence-electron chi connectivity index (χ4n) is 1.74. The molecule has 0 fully saturated rings. The Bertz CT molecular complexity index is 502. The van der Waals surface area contributed by atoms with Crippen LogP contribution in [0.5, 0.6) is 5.75 Å². The van der Waals surface area contributed by atoms with Gasteiger partial charge in [0.05, 0.1) is 11.1 Å². The van der Waals surface area contributed by atoms with Crippen LogP contribution in [0.2, 0.25) is 0 Å². The molecular formula is C17H22BrNO2. The summed E-state index contributed by atoms with van der Waals surface area (Å²) < 4.78 is 6.47. The molecule has 1 rings (SSSR count). The monoisotopic (exact) mass is 351 g/mol. The third-order valence-corrected chi connectivity index (χ3v) is 3.36. The average Bonchev–Trinajstić information content (AvgIpc) is 2.44. The molecule has 0 aliphatic heterocycles. The van der Waals surface area contributed by atoms with Gasteiger partial charge < -0.3 is 9.64 Å². The molecule has 0 atom stereocenters. The van der Waals surface area contributed by atoms with E-state index in [0.717, 1.165) is 10.2 Å². The number of nitrogens with zero attached hydrogens (tertiary/aromatic N) is 1. The van der Waals surface area contributed by atoms with E-state index in [4.69, 9.17) is 4.74 Å². The molecule has 1 aromatic carbocycles. The summed E-state index contributed by atoms with van der Waals surface area (Å²) >= 11 is 3.46. The lowest BCUT2D eigenvalue weighted by atomic mass is 10.2. The molecule has 0 bridgehead atoms. The molecule has 3 nitrogen and oxygen atoms in total. The van der Waals surface area contributed by atoms with Crippen molar-refractivity contribution in [1.82, 2.24) is 4.90 Å². The van der Waals surface area contributed by atoms with E-state index in [1.54, 1.807) is 29.2 Å². The van der Waals surface area contributed by atoms with E-state index in [0.29, 0.717) is 31.2 Å². The SMILES string of the molecule is C=CCN(CC=C)C(=O)c1ccc(OCC(C)C)c(Br)c1. The smallest absolute Gasteiger partial charge is 0.254 e. The van der Waals surface area contributed by atoms with Crippen LogP contribution in [0.3, 0.4) is 0 Å². The van der Waals surface area contributed by atoms with Crippen molar-refractivity contribution in [1.29, 1.82) is 0 Å². The summed E-state index contributed by atoms with van der Waals surface area (Å²) in [5.74, 6) is 1.15. The van der Waals surface area contributed by atoms with Crippen molar-refractivity contribution in [3.05, 3.63) is 53.5 Å². The molecule has 0 spiro atoms. The molecule has 0 unspecified atom stereocenters. The third-order valence-electron chi connectivity index (χ3n) is 2.74. The number of halogens is 1. The van der Waals surface area contributed by atoms with E-state index in [1.165, 1.54) is 0 Å². The second-order valence-corrected chi connectivity index (χ2v) is 5.99. The normalized spacial score (nSPS) is 10.3. The predicted octanol–water partition coefficient (Wildman–Crippen LogP) is 4.30. The van der Waals surface area contributed by atoms with Gasteiger partial charge in [-0.3, -0.25) is 4.79 Å². The number of rotatable bonds is 8. The van der Waals surface area contributed by atoms with Crippen molar-refractivity contribution in [2.75, 3.05) is 19.7 Å². The van der Waals surface area contributed by atoms with Crippen LogP contribution in [0.25, 0.3) is 0 Å². The largest absolute Gasteiger partial charge is 0.492 e. The summed E-state index contributed by atoms with van der Waals surface area (Å²) in [4.78, 5) is 14.1. The van der Waals surface area contributed by atoms with Crippen LogP contribution in [0.1, 0.15) is 24.2 Å². The van der Waals surface area contributed by atoms with Gasteiger partial charge in [-0.15, -0.1) is 13.2 Å². The number of carbonyl (C=O) groups is 1. The van der Waals surface area contributed by atoms with Crippen LogP contribution in [-0.2, 0) is 0 Å². The van der Waals surface area contributed by atoms with Gasteiger partial charge in [0.25, 0.3) is 5.91 Å². The van der Waals surface area contributed by atoms with Crippen LogP contribution in [0, 0.1) is 5.92 Å². The first-order valence-corrected chi connectivity index (χ1v) is 7.72. The first-order chi connectivity index (χ1) is 9.99. The van der Waals surface area contributed by atoms with Crippen LogP contribution in [0.4, 0.5) is 0 Å². The molecule has 1 amide bonds. The summed E-state index contributed by atoms with van der Waals surface area (Å²) in [7, 11) is 0. The van der Waals surface area contributed by atoms with Crippen LogP contribution < -0.4 is 4.74 Å². The molecule has 0 radical (unpaired) electrons. The van der Waals surface area contributed by atoms with Gasteiger partial charge >= 0.3 is 0 Å². The lowest BCUT2D eigenvalue weighted by Gasteiger charge is -2.20. The summed E-state index contributed by atoms with van der Waals surface area (Å²) in [5.41, 5.74) is 0.613. The van der Waals surface area contributed by atoms with Crippen molar-refractivity contribution < 1.29 is 9.53 Å². The Hall–Kier alpha value is -1.55. The van der Waals surface area contributed by atoms with Crippen molar-refractivity contribution in [3.63, 3.8) is 0 Å². The van der Waals surface area contributed by atoms with Crippen LogP contribution in [0.15, 0.2) is 48.0 Å². The van der Waals surface area contributed by atoms with Gasteiger partial charge in [0.2, 0.25) is 0 Å². The topological polar surface area (TPSA) is 29.5 Å². The van der Waals surface area contributed by atoms with Crippen molar-refractivity contribution in [2.45, 2.75) is 13.8 Å². The molecule has 0 aliphatic carbocycles. The van der Waals surface area contributed by atoms with Gasteiger partial charge in [0, 0.05) is 18.7 Å². The van der Waals surface area contributed by atoms with Crippen LogP contribution in [-0.4, -0.2) is 30.5 Å². The summed E-state index contributed by atoms with van der Waals surface area (Å²) in [6.45, 7) is 13.2. The Morgan fingerprint density at radius 3 is 2.43 bits per heavy atom. The Balaban J connectivity index is 2.88. The van der Waals surface area contributed by atoms with E-state index < -0.39 is 0 Å². The fourth-order valence-corrected chi connectivity index (χ4v) is 2.24. The molecule has 114 valence electrons. The highest BCUT2D eigenvalue weighted by Gasteiger charge is 2.15. The Kier molecular flexibility index (Phi) is 7.23. The highest BCUT2D eigenvalue weighted by molar-refractivity contribution is 9.10. The van der Waals surface area contributed by atoms with E-state index in [1.807, 2.05) is 6.07 Å². The Morgan fingerprint density at radius 1 is 1.33 bits per heavy atom. The third kappa shape index (κ3) is 5.38. The fraction of sp³-hybridized carbons (Fsp3) is 0.353. The first-order valence-electron chi connectivity index (χ1n) is 6.93. The number of hydrogen-bond acceptors (Lipinski definition) is 2. The maximum absolute atomic E-state index is 12.4. The lowest BCUT2D eigenvalue weighted by Crippen LogP contribution is -2.31. The Morgan fingerprint density at radius 2 is 1.95 bits per heavy atom. The van der Waals surface area contributed by atoms with Crippen molar-refractivity contribution in [3.8, 4) is 5.75 Å². The number of hydrogen-bond donors (Lipinski definition) is 0. The summed E-state index contributed by atoms with van der Waals surface area (Å²) in [6.07, 6.45) is 3.41. The zero-order valence-electron chi connectivity index (χ0n) is 12.6. The molecule has 21 heavy (non-hydrogen) atoms. The maximum Gasteiger partial charge on any atom is 0.254 e. The predicted molar refractivity (Wildman–Crippen MR) is 90.8 cm³/mol. The molecule has 0 aliphatic rings. The molecule has 0 saturated carbocycles.